The zero-order valence-corrected chi connectivity index (χ0v) is 21.6. The molecule has 0 saturated carbocycles. The third kappa shape index (κ3) is 3.22. The Hall–Kier alpha value is -3.58. The van der Waals surface area contributed by atoms with Crippen molar-refractivity contribution in [2.45, 2.75) is 53.4 Å². The van der Waals surface area contributed by atoms with E-state index in [9.17, 15) is 0 Å². The highest BCUT2D eigenvalue weighted by molar-refractivity contribution is 6.34. The van der Waals surface area contributed by atoms with Crippen LogP contribution in [0.2, 0.25) is 0 Å². The van der Waals surface area contributed by atoms with Crippen LogP contribution in [0.1, 0.15) is 61.8 Å². The summed E-state index contributed by atoms with van der Waals surface area (Å²) in [6.45, 7) is 13.6. The summed E-state index contributed by atoms with van der Waals surface area (Å²) < 4.78 is 0. The maximum absolute atomic E-state index is 3.92. The van der Waals surface area contributed by atoms with Gasteiger partial charge in [0.15, 0.2) is 0 Å². The molecule has 174 valence electrons. The lowest BCUT2D eigenvalue weighted by molar-refractivity contribution is 0.838. The highest BCUT2D eigenvalue weighted by Gasteiger charge is 2.18. The van der Waals surface area contributed by atoms with Gasteiger partial charge in [-0.2, -0.15) is 0 Å². The van der Waals surface area contributed by atoms with E-state index in [0.717, 1.165) is 0 Å². The Morgan fingerprint density at radius 3 is 1.57 bits per heavy atom. The van der Waals surface area contributed by atoms with Crippen molar-refractivity contribution in [1.82, 2.24) is 0 Å². The maximum atomic E-state index is 3.92. The molecule has 35 heavy (non-hydrogen) atoms. The first-order chi connectivity index (χ1) is 16.9. The van der Waals surface area contributed by atoms with Gasteiger partial charge in [0.1, 0.15) is 0 Å². The highest BCUT2D eigenvalue weighted by Crippen LogP contribution is 2.44. The lowest BCUT2D eigenvalue weighted by Crippen LogP contribution is -2.04. The highest BCUT2D eigenvalue weighted by atomic mass is 14.9. The molecular weight excluding hydrogens is 422 g/mol. The van der Waals surface area contributed by atoms with E-state index in [1.54, 1.807) is 0 Å². The van der Waals surface area contributed by atoms with E-state index in [1.165, 1.54) is 76.7 Å². The third-order valence-corrected chi connectivity index (χ3v) is 7.83. The van der Waals surface area contributed by atoms with Crippen molar-refractivity contribution in [2.24, 2.45) is 0 Å². The summed E-state index contributed by atoms with van der Waals surface area (Å²) in [6.07, 6.45) is 0. The van der Waals surface area contributed by atoms with Gasteiger partial charge in [-0.15, -0.1) is 0 Å². The first-order valence-electron chi connectivity index (χ1n) is 12.9. The Labute approximate surface area is 208 Å². The van der Waals surface area contributed by atoms with Gasteiger partial charge < -0.3 is 5.32 Å². The smallest absolute Gasteiger partial charge is 0.0464 e. The minimum atomic E-state index is 0.451. The quantitative estimate of drug-likeness (QED) is 0.206. The lowest BCUT2D eigenvalue weighted by Gasteiger charge is -2.23. The number of rotatable bonds is 4. The van der Waals surface area contributed by atoms with E-state index < -0.39 is 0 Å². The van der Waals surface area contributed by atoms with Crippen molar-refractivity contribution in [3.63, 3.8) is 0 Å². The Balaban J connectivity index is 1.69. The van der Waals surface area contributed by atoms with Crippen LogP contribution < -0.4 is 5.32 Å². The molecule has 0 aliphatic heterocycles. The van der Waals surface area contributed by atoms with E-state index in [2.05, 4.69) is 120 Å². The van der Waals surface area contributed by atoms with Gasteiger partial charge in [0.05, 0.1) is 0 Å². The third-order valence-electron chi connectivity index (χ3n) is 7.83. The van der Waals surface area contributed by atoms with E-state index in [0.29, 0.717) is 11.8 Å². The van der Waals surface area contributed by atoms with Crippen molar-refractivity contribution in [3.05, 3.63) is 95.1 Å². The number of hydrogen-bond donors (Lipinski definition) is 1. The van der Waals surface area contributed by atoms with Crippen LogP contribution in [0.15, 0.2) is 72.8 Å². The van der Waals surface area contributed by atoms with Gasteiger partial charge in [-0.25, -0.2) is 0 Å². The van der Waals surface area contributed by atoms with Gasteiger partial charge >= 0.3 is 0 Å². The van der Waals surface area contributed by atoms with Crippen molar-refractivity contribution in [2.75, 3.05) is 5.32 Å². The average molecular weight is 456 g/mol. The maximum Gasteiger partial charge on any atom is 0.0464 e. The van der Waals surface area contributed by atoms with Crippen LogP contribution in [0.25, 0.3) is 43.1 Å². The molecule has 6 aromatic rings. The molecule has 0 aromatic heterocycles. The normalized spacial score (nSPS) is 12.2. The van der Waals surface area contributed by atoms with Crippen molar-refractivity contribution < 1.29 is 0 Å². The fourth-order valence-corrected chi connectivity index (χ4v) is 6.11. The number of nitrogens with one attached hydrogen (secondary N) is 1. The number of para-hydroxylation sites is 1. The van der Waals surface area contributed by atoms with E-state index >= 15 is 0 Å². The average Bonchev–Trinajstić information content (AvgIpc) is 2.84. The minimum absolute atomic E-state index is 0.451. The van der Waals surface area contributed by atoms with Gasteiger partial charge in [0.2, 0.25) is 0 Å². The van der Waals surface area contributed by atoms with Crippen molar-refractivity contribution in [1.29, 1.82) is 0 Å². The first-order valence-corrected chi connectivity index (χ1v) is 12.9. The molecule has 0 radical (unpaired) electrons. The largest absolute Gasteiger partial charge is 0.355 e. The molecule has 0 saturated heterocycles. The monoisotopic (exact) mass is 455 g/mol. The molecule has 0 aliphatic carbocycles. The van der Waals surface area contributed by atoms with Crippen LogP contribution >= 0.6 is 0 Å². The van der Waals surface area contributed by atoms with E-state index in [4.69, 9.17) is 0 Å². The standard InChI is InChI=1S/C34H33N/c1-19(2)23-9-7-10-24(20(3)4)34(23)35-30-18-17-26-28-16-14-22(6)31-21(5)13-15-27(33(28)31)25-11-8-12-29(30)32(25)26/h7-20,35H,1-6H3. The lowest BCUT2D eigenvalue weighted by atomic mass is 9.86. The Kier molecular flexibility index (Phi) is 5.00. The fraction of sp³-hybridized carbons (Fsp3) is 0.235. The summed E-state index contributed by atoms with van der Waals surface area (Å²) in [7, 11) is 0. The molecular formula is C34H33N. The molecule has 0 fully saturated rings. The van der Waals surface area contributed by atoms with Crippen LogP contribution in [0.4, 0.5) is 11.4 Å². The predicted molar refractivity (Wildman–Crippen MR) is 155 cm³/mol. The van der Waals surface area contributed by atoms with Crippen LogP contribution in [-0.2, 0) is 0 Å². The van der Waals surface area contributed by atoms with Gasteiger partial charge in [0, 0.05) is 16.8 Å². The van der Waals surface area contributed by atoms with Gasteiger partial charge in [-0.1, -0.05) is 94.4 Å². The molecule has 1 N–H and O–H groups in total. The number of fused-ring (bicyclic) bond motifs is 2. The van der Waals surface area contributed by atoms with Crippen LogP contribution in [0.3, 0.4) is 0 Å². The second-order valence-electron chi connectivity index (χ2n) is 10.7. The molecule has 0 aliphatic rings. The molecule has 6 rings (SSSR count). The Bertz CT molecular complexity index is 1650. The molecule has 0 amide bonds. The first kappa shape index (κ1) is 21.9. The van der Waals surface area contributed by atoms with Gasteiger partial charge in [-0.3, -0.25) is 0 Å². The zero-order valence-electron chi connectivity index (χ0n) is 21.6. The molecule has 0 bridgehead atoms. The topological polar surface area (TPSA) is 12.0 Å². The van der Waals surface area contributed by atoms with Crippen molar-refractivity contribution >= 4 is 54.5 Å². The summed E-state index contributed by atoms with van der Waals surface area (Å²) in [5.41, 5.74) is 7.89. The SMILES string of the molecule is Cc1ccc2c3cccc4c(Nc5c(C(C)C)cccc5C(C)C)ccc(c5ccc(C)c1c25)c43. The fourth-order valence-electron chi connectivity index (χ4n) is 6.11. The zero-order chi connectivity index (χ0) is 24.4. The molecule has 1 heteroatoms. The number of anilines is 2. The van der Waals surface area contributed by atoms with Gasteiger partial charge in [-0.05, 0) is 91.7 Å². The summed E-state index contributed by atoms with van der Waals surface area (Å²) in [5.74, 6) is 0.902. The molecule has 1 nitrogen and oxygen atoms in total. The number of aryl methyl sites for hydroxylation is 2. The summed E-state index contributed by atoms with van der Waals surface area (Å²) in [6, 6.07) is 27.4. The predicted octanol–water partition coefficient (Wildman–Crippen LogP) is 10.3. The van der Waals surface area contributed by atoms with Crippen molar-refractivity contribution in [3.8, 4) is 0 Å². The van der Waals surface area contributed by atoms with Crippen LogP contribution in [-0.4, -0.2) is 0 Å². The second kappa shape index (κ2) is 7.99. The molecule has 6 aromatic carbocycles. The second-order valence-corrected chi connectivity index (χ2v) is 10.7. The van der Waals surface area contributed by atoms with E-state index in [1.807, 2.05) is 0 Å². The summed E-state index contributed by atoms with van der Waals surface area (Å²) >= 11 is 0. The molecule has 0 heterocycles. The summed E-state index contributed by atoms with van der Waals surface area (Å²) in [4.78, 5) is 0. The summed E-state index contributed by atoms with van der Waals surface area (Å²) in [5, 5.41) is 14.7. The Morgan fingerprint density at radius 1 is 0.486 bits per heavy atom. The molecule has 0 unspecified atom stereocenters. The van der Waals surface area contributed by atoms with Crippen LogP contribution in [0, 0.1) is 13.8 Å². The van der Waals surface area contributed by atoms with Gasteiger partial charge in [0.25, 0.3) is 0 Å². The number of hydrogen-bond acceptors (Lipinski definition) is 1. The number of benzene rings is 6. The Morgan fingerprint density at radius 2 is 0.971 bits per heavy atom. The molecule has 0 spiro atoms. The van der Waals surface area contributed by atoms with Crippen LogP contribution in [0.5, 0.6) is 0 Å². The minimum Gasteiger partial charge on any atom is -0.355 e. The molecule has 0 atom stereocenters. The van der Waals surface area contributed by atoms with E-state index in [-0.39, 0.29) is 0 Å².